The van der Waals surface area contributed by atoms with Gasteiger partial charge >= 0.3 is 0 Å². The van der Waals surface area contributed by atoms with Gasteiger partial charge in [-0.25, -0.2) is 4.98 Å². The number of aromatic amines is 2. The van der Waals surface area contributed by atoms with Gasteiger partial charge in [0.25, 0.3) is 5.56 Å². The SMILES string of the molecule is O=c1[nH]ccc(N/C=C(/CO)Cc2ccccc2)c1-c1nc2c(Br)cc(Br)cc2[nH]1. The summed E-state index contributed by atoms with van der Waals surface area (Å²) in [6, 6.07) is 15.5. The fourth-order valence-electron chi connectivity index (χ4n) is 3.18. The number of hydrogen-bond acceptors (Lipinski definition) is 4. The summed E-state index contributed by atoms with van der Waals surface area (Å²) in [7, 11) is 0. The van der Waals surface area contributed by atoms with Gasteiger partial charge in [-0.3, -0.25) is 4.79 Å². The molecule has 152 valence electrons. The van der Waals surface area contributed by atoms with Crippen LogP contribution >= 0.6 is 31.9 Å². The second-order valence-corrected chi connectivity index (χ2v) is 8.50. The molecule has 2 heterocycles. The molecule has 0 unspecified atom stereocenters. The van der Waals surface area contributed by atoms with Crippen molar-refractivity contribution < 1.29 is 5.11 Å². The predicted molar refractivity (Wildman–Crippen MR) is 126 cm³/mol. The third kappa shape index (κ3) is 4.40. The molecule has 0 aliphatic rings. The van der Waals surface area contributed by atoms with Crippen LogP contribution in [0.2, 0.25) is 0 Å². The van der Waals surface area contributed by atoms with Crippen molar-refractivity contribution in [3.05, 3.63) is 91.4 Å². The van der Waals surface area contributed by atoms with E-state index in [-0.39, 0.29) is 12.2 Å². The molecular weight excluding hydrogens is 512 g/mol. The number of anilines is 1. The van der Waals surface area contributed by atoms with E-state index in [9.17, 15) is 9.90 Å². The number of aliphatic hydroxyl groups is 1. The van der Waals surface area contributed by atoms with Crippen molar-refractivity contribution in [2.45, 2.75) is 6.42 Å². The highest BCUT2D eigenvalue weighted by Crippen LogP contribution is 2.30. The van der Waals surface area contributed by atoms with Crippen LogP contribution in [-0.4, -0.2) is 26.7 Å². The van der Waals surface area contributed by atoms with Crippen LogP contribution in [0.3, 0.4) is 0 Å². The third-order valence-corrected chi connectivity index (χ3v) is 5.67. The van der Waals surface area contributed by atoms with Gasteiger partial charge in [-0.05, 0) is 51.7 Å². The molecular formula is C22H18Br2N4O2. The van der Waals surface area contributed by atoms with Gasteiger partial charge in [-0.1, -0.05) is 46.3 Å². The molecule has 0 atom stereocenters. The summed E-state index contributed by atoms with van der Waals surface area (Å²) in [5.41, 5.74) is 4.14. The Morgan fingerprint density at radius 3 is 2.73 bits per heavy atom. The zero-order valence-electron chi connectivity index (χ0n) is 15.7. The molecule has 2 aromatic carbocycles. The lowest BCUT2D eigenvalue weighted by Crippen LogP contribution is -2.12. The van der Waals surface area contributed by atoms with Crippen molar-refractivity contribution in [2.75, 3.05) is 11.9 Å². The lowest BCUT2D eigenvalue weighted by atomic mass is 10.1. The molecule has 0 saturated carbocycles. The van der Waals surface area contributed by atoms with Crippen LogP contribution in [0.25, 0.3) is 22.4 Å². The molecule has 0 bridgehead atoms. The standard InChI is InChI=1S/C22H18Br2N4O2/c23-15-9-16(24)20-18(10-15)27-21(28-20)19-17(6-7-25-22(19)30)26-11-14(12-29)8-13-4-2-1-3-5-13/h1-7,9-11,29H,8,12H2,(H,27,28)(H2,25,26,30)/b14-11+. The first-order valence-corrected chi connectivity index (χ1v) is 10.8. The van der Waals surface area contributed by atoms with Crippen molar-refractivity contribution >= 4 is 48.6 Å². The number of nitrogens with zero attached hydrogens (tertiary/aromatic N) is 1. The monoisotopic (exact) mass is 528 g/mol. The summed E-state index contributed by atoms with van der Waals surface area (Å²) in [5.74, 6) is 0.454. The number of fused-ring (bicyclic) bond motifs is 1. The minimum atomic E-state index is -0.267. The Balaban J connectivity index is 1.70. The van der Waals surface area contributed by atoms with Gasteiger partial charge < -0.3 is 20.4 Å². The van der Waals surface area contributed by atoms with Crippen LogP contribution in [0.5, 0.6) is 0 Å². The highest BCUT2D eigenvalue weighted by molar-refractivity contribution is 9.11. The minimum Gasteiger partial charge on any atom is -0.392 e. The Labute approximate surface area is 189 Å². The van der Waals surface area contributed by atoms with E-state index in [2.05, 4.69) is 52.1 Å². The Hall–Kier alpha value is -2.68. The molecule has 0 aliphatic carbocycles. The van der Waals surface area contributed by atoms with E-state index < -0.39 is 0 Å². The second-order valence-electron chi connectivity index (χ2n) is 6.73. The molecule has 4 rings (SSSR count). The van der Waals surface area contributed by atoms with E-state index >= 15 is 0 Å². The number of aromatic nitrogens is 3. The molecule has 0 spiro atoms. The molecule has 30 heavy (non-hydrogen) atoms. The molecule has 0 radical (unpaired) electrons. The molecule has 0 fully saturated rings. The molecule has 0 aliphatic heterocycles. The van der Waals surface area contributed by atoms with E-state index in [1.165, 1.54) is 0 Å². The van der Waals surface area contributed by atoms with Gasteiger partial charge in [0.1, 0.15) is 16.9 Å². The largest absolute Gasteiger partial charge is 0.392 e. The highest BCUT2D eigenvalue weighted by atomic mass is 79.9. The number of imidazole rings is 1. The number of aliphatic hydroxyl groups excluding tert-OH is 1. The fourth-order valence-corrected chi connectivity index (χ4v) is 4.50. The van der Waals surface area contributed by atoms with E-state index in [4.69, 9.17) is 0 Å². The topological polar surface area (TPSA) is 93.8 Å². The summed E-state index contributed by atoms with van der Waals surface area (Å²) in [6.45, 7) is -0.0912. The van der Waals surface area contributed by atoms with Crippen LogP contribution < -0.4 is 10.9 Å². The summed E-state index contributed by atoms with van der Waals surface area (Å²) in [5, 5.41) is 12.9. The summed E-state index contributed by atoms with van der Waals surface area (Å²) >= 11 is 6.97. The Bertz CT molecular complexity index is 1280. The summed E-state index contributed by atoms with van der Waals surface area (Å²) in [6.07, 6.45) is 3.92. The first-order valence-electron chi connectivity index (χ1n) is 9.21. The van der Waals surface area contributed by atoms with Crippen LogP contribution in [-0.2, 0) is 6.42 Å². The maximum Gasteiger partial charge on any atom is 0.261 e. The molecule has 8 heteroatoms. The Morgan fingerprint density at radius 1 is 1.17 bits per heavy atom. The lowest BCUT2D eigenvalue weighted by Gasteiger charge is -2.09. The molecule has 4 N–H and O–H groups in total. The average Bonchev–Trinajstić information content (AvgIpc) is 3.15. The van der Waals surface area contributed by atoms with Crippen LogP contribution in [0.4, 0.5) is 5.69 Å². The molecule has 0 amide bonds. The number of hydrogen-bond donors (Lipinski definition) is 4. The first-order chi connectivity index (χ1) is 14.5. The van der Waals surface area contributed by atoms with Crippen molar-refractivity contribution in [2.24, 2.45) is 0 Å². The second kappa shape index (κ2) is 8.99. The normalized spacial score (nSPS) is 11.8. The van der Waals surface area contributed by atoms with Crippen molar-refractivity contribution in [1.82, 2.24) is 15.0 Å². The fraction of sp³-hybridized carbons (Fsp3) is 0.0909. The number of halogens is 2. The molecule has 6 nitrogen and oxygen atoms in total. The van der Waals surface area contributed by atoms with Crippen molar-refractivity contribution in [3.8, 4) is 11.4 Å². The van der Waals surface area contributed by atoms with Crippen LogP contribution in [0.1, 0.15) is 5.56 Å². The van der Waals surface area contributed by atoms with Crippen molar-refractivity contribution in [3.63, 3.8) is 0 Å². The molecule has 0 saturated heterocycles. The zero-order valence-corrected chi connectivity index (χ0v) is 18.9. The van der Waals surface area contributed by atoms with Gasteiger partial charge in [0.15, 0.2) is 0 Å². The van der Waals surface area contributed by atoms with Gasteiger partial charge in [0.2, 0.25) is 0 Å². The number of benzene rings is 2. The quantitative estimate of drug-likeness (QED) is 0.283. The van der Waals surface area contributed by atoms with E-state index in [0.29, 0.717) is 23.5 Å². The zero-order chi connectivity index (χ0) is 21.1. The maximum atomic E-state index is 12.6. The third-order valence-electron chi connectivity index (χ3n) is 4.61. The Kier molecular flexibility index (Phi) is 6.17. The number of H-pyrrole nitrogens is 2. The first kappa shape index (κ1) is 20.6. The Morgan fingerprint density at radius 2 is 1.97 bits per heavy atom. The maximum absolute atomic E-state index is 12.6. The average molecular weight is 530 g/mol. The number of pyridine rings is 1. The van der Waals surface area contributed by atoms with E-state index in [1.54, 1.807) is 18.5 Å². The number of rotatable bonds is 6. The highest BCUT2D eigenvalue weighted by Gasteiger charge is 2.15. The van der Waals surface area contributed by atoms with E-state index in [1.807, 2.05) is 42.5 Å². The van der Waals surface area contributed by atoms with E-state index in [0.717, 1.165) is 31.1 Å². The molecule has 2 aromatic heterocycles. The predicted octanol–water partition coefficient (Wildman–Crippen LogP) is 4.97. The van der Waals surface area contributed by atoms with Gasteiger partial charge in [0, 0.05) is 21.3 Å². The van der Waals surface area contributed by atoms with Crippen LogP contribution in [0, 0.1) is 0 Å². The van der Waals surface area contributed by atoms with Crippen molar-refractivity contribution in [1.29, 1.82) is 0 Å². The number of nitrogens with one attached hydrogen (secondary N) is 3. The van der Waals surface area contributed by atoms with Gasteiger partial charge in [-0.2, -0.15) is 0 Å². The smallest absolute Gasteiger partial charge is 0.261 e. The van der Waals surface area contributed by atoms with Crippen LogP contribution in [0.15, 0.2) is 80.2 Å². The molecule has 4 aromatic rings. The van der Waals surface area contributed by atoms with Gasteiger partial charge in [-0.15, -0.1) is 0 Å². The summed E-state index contributed by atoms with van der Waals surface area (Å²) in [4.78, 5) is 23.2. The summed E-state index contributed by atoms with van der Waals surface area (Å²) < 4.78 is 1.72. The minimum absolute atomic E-state index is 0.0912. The van der Waals surface area contributed by atoms with Gasteiger partial charge in [0.05, 0.1) is 17.8 Å². The lowest BCUT2D eigenvalue weighted by molar-refractivity contribution is 0.328.